The van der Waals surface area contributed by atoms with Gasteiger partial charge in [0.25, 0.3) is 0 Å². The van der Waals surface area contributed by atoms with Crippen LogP contribution in [0, 0.1) is 17.2 Å². The summed E-state index contributed by atoms with van der Waals surface area (Å²) < 4.78 is 39.3. The summed E-state index contributed by atoms with van der Waals surface area (Å²) >= 11 is 0. The summed E-state index contributed by atoms with van der Waals surface area (Å²) in [6.07, 6.45) is -1.68. The Morgan fingerprint density at radius 2 is 2.12 bits per heavy atom. The van der Waals surface area contributed by atoms with Crippen molar-refractivity contribution in [1.29, 1.82) is 5.26 Å². The number of hydrogen-bond donors (Lipinski definition) is 1. The number of rotatable bonds is 7. The Hall–Kier alpha value is -2.23. The summed E-state index contributed by atoms with van der Waals surface area (Å²) in [5.41, 5.74) is -1.09. The van der Waals surface area contributed by atoms with Gasteiger partial charge in [-0.15, -0.1) is 0 Å². The molecule has 130 valence electrons. The average Bonchev–Trinajstić information content (AvgIpc) is 3.35. The highest BCUT2D eigenvalue weighted by atomic mass is 19.4. The number of alkyl halides is 3. The molecule has 0 atom stereocenters. The standard InChI is InChI=1S/C17H20F3N3O/c1-2-7-23(11-16(24)22-10-12-3-4-12)14-6-5-13(9-21)15(8-14)17(18,19)20/h5-6,8,12H,2-4,7,10-11H2,1H3,(H,22,24). The SMILES string of the molecule is CCCN(CC(=O)NCC1CC1)c1ccc(C#N)c(C(F)(F)F)c1. The van der Waals surface area contributed by atoms with Gasteiger partial charge in [-0.25, -0.2) is 0 Å². The van der Waals surface area contributed by atoms with Gasteiger partial charge in [-0.1, -0.05) is 6.92 Å². The highest BCUT2D eigenvalue weighted by Gasteiger charge is 2.34. The molecule has 1 N–H and O–H groups in total. The Morgan fingerprint density at radius 3 is 2.67 bits per heavy atom. The first-order valence-electron chi connectivity index (χ1n) is 7.98. The van der Waals surface area contributed by atoms with E-state index < -0.39 is 17.3 Å². The van der Waals surface area contributed by atoms with Gasteiger partial charge in [-0.2, -0.15) is 18.4 Å². The monoisotopic (exact) mass is 339 g/mol. The number of hydrogen-bond acceptors (Lipinski definition) is 3. The van der Waals surface area contributed by atoms with Gasteiger partial charge in [0, 0.05) is 18.8 Å². The molecule has 0 saturated heterocycles. The fourth-order valence-electron chi connectivity index (χ4n) is 2.44. The van der Waals surface area contributed by atoms with Gasteiger partial charge in [0.1, 0.15) is 0 Å². The molecule has 0 heterocycles. The van der Waals surface area contributed by atoms with Crippen molar-refractivity contribution in [2.75, 3.05) is 24.5 Å². The Labute approximate surface area is 139 Å². The molecule has 0 aromatic heterocycles. The van der Waals surface area contributed by atoms with Crippen molar-refractivity contribution in [1.82, 2.24) is 5.32 Å². The lowest BCUT2D eigenvalue weighted by atomic mass is 10.1. The van der Waals surface area contributed by atoms with E-state index in [4.69, 9.17) is 5.26 Å². The molecule has 1 amide bonds. The summed E-state index contributed by atoms with van der Waals surface area (Å²) in [6.45, 7) is 2.98. The fraction of sp³-hybridized carbons (Fsp3) is 0.529. The number of carbonyl (C=O) groups is 1. The van der Waals surface area contributed by atoms with Crippen molar-refractivity contribution in [3.63, 3.8) is 0 Å². The molecule has 4 nitrogen and oxygen atoms in total. The quantitative estimate of drug-likeness (QED) is 0.829. The minimum Gasteiger partial charge on any atom is -0.362 e. The molecule has 0 unspecified atom stereocenters. The maximum Gasteiger partial charge on any atom is 0.417 e. The maximum absolute atomic E-state index is 13.1. The highest BCUT2D eigenvalue weighted by Crippen LogP contribution is 2.34. The van der Waals surface area contributed by atoms with Gasteiger partial charge in [0.2, 0.25) is 5.91 Å². The third-order valence-corrected chi connectivity index (χ3v) is 3.91. The van der Waals surface area contributed by atoms with E-state index in [0.717, 1.165) is 25.0 Å². The first kappa shape index (κ1) is 18.1. The summed E-state index contributed by atoms with van der Waals surface area (Å²) in [7, 11) is 0. The lowest BCUT2D eigenvalue weighted by molar-refractivity contribution is -0.137. The normalized spacial score (nSPS) is 14.1. The molecular formula is C17H20F3N3O. The molecule has 1 fully saturated rings. The molecule has 7 heteroatoms. The zero-order valence-electron chi connectivity index (χ0n) is 13.5. The third-order valence-electron chi connectivity index (χ3n) is 3.91. The minimum absolute atomic E-state index is 0.00373. The number of amides is 1. The van der Waals surface area contributed by atoms with E-state index in [0.29, 0.717) is 31.1 Å². The summed E-state index contributed by atoms with van der Waals surface area (Å²) in [4.78, 5) is 13.6. The van der Waals surface area contributed by atoms with Crippen molar-refractivity contribution < 1.29 is 18.0 Å². The summed E-state index contributed by atoms with van der Waals surface area (Å²) in [5, 5.41) is 11.7. The zero-order chi connectivity index (χ0) is 17.7. The van der Waals surface area contributed by atoms with Crippen LogP contribution >= 0.6 is 0 Å². The van der Waals surface area contributed by atoms with E-state index in [2.05, 4.69) is 5.32 Å². The van der Waals surface area contributed by atoms with Gasteiger partial charge < -0.3 is 10.2 Å². The van der Waals surface area contributed by atoms with Crippen LogP contribution < -0.4 is 10.2 Å². The molecule has 0 bridgehead atoms. The van der Waals surface area contributed by atoms with Gasteiger partial charge in [0.15, 0.2) is 0 Å². The fourth-order valence-corrected chi connectivity index (χ4v) is 2.44. The van der Waals surface area contributed by atoms with Crippen LogP contribution in [0.5, 0.6) is 0 Å². The van der Waals surface area contributed by atoms with Crippen molar-refractivity contribution in [2.24, 2.45) is 5.92 Å². The molecule has 1 aromatic rings. The van der Waals surface area contributed by atoms with Crippen molar-refractivity contribution in [3.8, 4) is 6.07 Å². The predicted octanol–water partition coefficient (Wildman–Crippen LogP) is 3.32. The zero-order valence-corrected chi connectivity index (χ0v) is 13.5. The van der Waals surface area contributed by atoms with Crippen LogP contribution in [0.3, 0.4) is 0 Å². The Morgan fingerprint density at radius 1 is 1.42 bits per heavy atom. The molecule has 0 radical (unpaired) electrons. The molecule has 1 saturated carbocycles. The van der Waals surface area contributed by atoms with E-state index in [1.807, 2.05) is 6.92 Å². The molecule has 0 aliphatic heterocycles. The Kier molecular flexibility index (Phi) is 5.71. The van der Waals surface area contributed by atoms with Crippen LogP contribution in [0.15, 0.2) is 18.2 Å². The lowest BCUT2D eigenvalue weighted by Crippen LogP contribution is -2.38. The number of anilines is 1. The number of nitriles is 1. The van der Waals surface area contributed by atoms with E-state index in [1.54, 1.807) is 11.0 Å². The predicted molar refractivity (Wildman–Crippen MR) is 84.4 cm³/mol. The first-order chi connectivity index (χ1) is 11.3. The molecule has 1 aliphatic rings. The Balaban J connectivity index is 2.16. The molecule has 24 heavy (non-hydrogen) atoms. The highest BCUT2D eigenvalue weighted by molar-refractivity contribution is 5.81. The molecular weight excluding hydrogens is 319 g/mol. The largest absolute Gasteiger partial charge is 0.417 e. The van der Waals surface area contributed by atoms with Crippen LogP contribution in [0.1, 0.15) is 37.3 Å². The summed E-state index contributed by atoms with van der Waals surface area (Å²) in [6, 6.07) is 5.12. The van der Waals surface area contributed by atoms with Crippen LogP contribution in [-0.2, 0) is 11.0 Å². The van der Waals surface area contributed by atoms with Crippen LogP contribution in [0.25, 0.3) is 0 Å². The van der Waals surface area contributed by atoms with E-state index in [-0.39, 0.29) is 12.5 Å². The number of nitrogens with zero attached hydrogens (tertiary/aromatic N) is 2. The minimum atomic E-state index is -4.60. The van der Waals surface area contributed by atoms with Gasteiger partial charge in [-0.05, 0) is 43.4 Å². The van der Waals surface area contributed by atoms with Crippen LogP contribution in [0.2, 0.25) is 0 Å². The second kappa shape index (κ2) is 7.56. The van der Waals surface area contributed by atoms with E-state index in [9.17, 15) is 18.0 Å². The molecule has 1 aliphatic carbocycles. The van der Waals surface area contributed by atoms with E-state index in [1.165, 1.54) is 6.07 Å². The number of carbonyl (C=O) groups excluding carboxylic acids is 1. The second-order valence-corrected chi connectivity index (χ2v) is 6.01. The molecule has 2 rings (SSSR count). The average molecular weight is 339 g/mol. The second-order valence-electron chi connectivity index (χ2n) is 6.01. The van der Waals surface area contributed by atoms with Crippen molar-refractivity contribution >= 4 is 11.6 Å². The van der Waals surface area contributed by atoms with Crippen LogP contribution in [0.4, 0.5) is 18.9 Å². The Bertz CT molecular complexity index is 633. The van der Waals surface area contributed by atoms with Gasteiger partial charge >= 0.3 is 6.18 Å². The van der Waals surface area contributed by atoms with Gasteiger partial charge in [-0.3, -0.25) is 4.79 Å². The summed E-state index contributed by atoms with van der Waals surface area (Å²) in [5.74, 6) is 0.341. The number of benzene rings is 1. The third kappa shape index (κ3) is 4.88. The van der Waals surface area contributed by atoms with Gasteiger partial charge in [0.05, 0.1) is 23.7 Å². The molecule has 1 aromatic carbocycles. The van der Waals surface area contributed by atoms with Crippen molar-refractivity contribution in [2.45, 2.75) is 32.4 Å². The smallest absolute Gasteiger partial charge is 0.362 e. The maximum atomic E-state index is 13.1. The number of halogens is 3. The van der Waals surface area contributed by atoms with Crippen molar-refractivity contribution in [3.05, 3.63) is 29.3 Å². The van der Waals surface area contributed by atoms with Crippen LogP contribution in [-0.4, -0.2) is 25.5 Å². The topological polar surface area (TPSA) is 56.1 Å². The lowest BCUT2D eigenvalue weighted by Gasteiger charge is -2.25. The van der Waals surface area contributed by atoms with E-state index >= 15 is 0 Å². The first-order valence-corrected chi connectivity index (χ1v) is 7.98. The molecule has 0 spiro atoms. The number of nitrogens with one attached hydrogen (secondary N) is 1.